The molecule has 0 nitrogen and oxygen atoms in total. The van der Waals surface area contributed by atoms with Crippen molar-refractivity contribution in [2.75, 3.05) is 6.26 Å². The zero-order chi connectivity index (χ0) is 15.7. The van der Waals surface area contributed by atoms with Gasteiger partial charge in [-0.05, 0) is 33.8 Å². The van der Waals surface area contributed by atoms with E-state index in [0.717, 1.165) is 11.1 Å². The summed E-state index contributed by atoms with van der Waals surface area (Å²) in [5.41, 5.74) is 4.14. The van der Waals surface area contributed by atoms with Gasteiger partial charge in [0.05, 0.1) is 0 Å². The molecule has 1 rings (SSSR count). The van der Waals surface area contributed by atoms with Gasteiger partial charge in [0.1, 0.15) is 6.63 Å². The standard InChI is InChI=1S/C16H25Cl2PS/c1-15(2,3)12-8-11(10-20-7)14(19(17)18)13(9-12)16(4,5)6/h8-9H,10H2,1-7H3. The molecule has 0 aliphatic heterocycles. The van der Waals surface area contributed by atoms with Gasteiger partial charge < -0.3 is 0 Å². The smallest absolute Gasteiger partial charge is 0.117 e. The van der Waals surface area contributed by atoms with Crippen molar-refractivity contribution >= 4 is 46.2 Å². The van der Waals surface area contributed by atoms with Gasteiger partial charge >= 0.3 is 0 Å². The normalized spacial score (nSPS) is 13.1. The van der Waals surface area contributed by atoms with Crippen LogP contribution < -0.4 is 5.30 Å². The summed E-state index contributed by atoms with van der Waals surface area (Å²) in [6.07, 6.45) is 2.12. The van der Waals surface area contributed by atoms with Gasteiger partial charge in [-0.25, -0.2) is 0 Å². The maximum absolute atomic E-state index is 6.34. The summed E-state index contributed by atoms with van der Waals surface area (Å²) in [7, 11) is 0. The molecule has 20 heavy (non-hydrogen) atoms. The van der Waals surface area contributed by atoms with Crippen LogP contribution in [-0.2, 0) is 16.6 Å². The second-order valence-corrected chi connectivity index (χ2v) is 11.5. The molecule has 0 atom stereocenters. The molecule has 0 fully saturated rings. The van der Waals surface area contributed by atoms with E-state index in [0.29, 0.717) is 0 Å². The van der Waals surface area contributed by atoms with E-state index in [1.807, 2.05) is 11.8 Å². The topological polar surface area (TPSA) is 0 Å². The minimum atomic E-state index is -1.13. The molecule has 0 saturated heterocycles. The van der Waals surface area contributed by atoms with Crippen molar-refractivity contribution in [1.29, 1.82) is 0 Å². The van der Waals surface area contributed by atoms with Crippen LogP contribution in [-0.4, -0.2) is 6.26 Å². The molecule has 1 aromatic carbocycles. The summed E-state index contributed by atoms with van der Waals surface area (Å²) in [5, 5.41) is 1.16. The molecule has 0 aromatic heterocycles. The number of halogens is 2. The van der Waals surface area contributed by atoms with Gasteiger partial charge in [-0.2, -0.15) is 11.8 Å². The molecular weight excluding hydrogens is 326 g/mol. The molecule has 0 saturated carbocycles. The van der Waals surface area contributed by atoms with Crippen LogP contribution in [0.15, 0.2) is 12.1 Å². The van der Waals surface area contributed by atoms with Crippen LogP contribution in [0.1, 0.15) is 58.2 Å². The lowest BCUT2D eigenvalue weighted by atomic mass is 9.79. The number of rotatable bonds is 3. The van der Waals surface area contributed by atoms with Crippen molar-refractivity contribution in [3.8, 4) is 0 Å². The second-order valence-electron chi connectivity index (χ2n) is 7.20. The fourth-order valence-electron chi connectivity index (χ4n) is 2.16. The Hall–Kier alpha value is 0.580. The zero-order valence-corrected chi connectivity index (χ0v) is 16.7. The molecule has 0 radical (unpaired) electrons. The summed E-state index contributed by atoms with van der Waals surface area (Å²) in [6, 6.07) is 4.60. The lowest BCUT2D eigenvalue weighted by Crippen LogP contribution is -2.25. The Bertz CT molecular complexity index is 471. The molecule has 0 amide bonds. The van der Waals surface area contributed by atoms with Crippen LogP contribution >= 0.6 is 40.9 Å². The average Bonchev–Trinajstić information content (AvgIpc) is 2.25. The first-order valence-corrected chi connectivity index (χ1v) is 11.3. The summed E-state index contributed by atoms with van der Waals surface area (Å²) in [4.78, 5) is 0. The van der Waals surface area contributed by atoms with Crippen LogP contribution in [0.5, 0.6) is 0 Å². The Kier molecular flexibility index (Phi) is 6.31. The zero-order valence-electron chi connectivity index (χ0n) is 13.5. The first-order valence-electron chi connectivity index (χ1n) is 6.77. The Morgan fingerprint density at radius 2 is 1.55 bits per heavy atom. The van der Waals surface area contributed by atoms with Gasteiger partial charge in [0, 0.05) is 11.1 Å². The van der Waals surface area contributed by atoms with Crippen LogP contribution in [0.4, 0.5) is 0 Å². The molecule has 0 unspecified atom stereocenters. The Morgan fingerprint density at radius 3 is 1.90 bits per heavy atom. The van der Waals surface area contributed by atoms with Gasteiger partial charge in [0.15, 0.2) is 0 Å². The Labute approximate surface area is 139 Å². The van der Waals surface area contributed by atoms with Gasteiger partial charge in [0.25, 0.3) is 0 Å². The quantitative estimate of drug-likeness (QED) is 0.556. The SMILES string of the molecule is CSCc1cc(C(C)(C)C)cc(C(C)(C)C)c1P(Cl)Cl. The number of thioether (sulfide) groups is 1. The fraction of sp³-hybridized carbons (Fsp3) is 0.625. The van der Waals surface area contributed by atoms with E-state index in [2.05, 4.69) is 59.9 Å². The minimum absolute atomic E-state index is 0.0497. The summed E-state index contributed by atoms with van der Waals surface area (Å²) in [6.45, 7) is 12.3. The molecular formula is C16H25Cl2PS. The van der Waals surface area contributed by atoms with Crippen LogP contribution in [0.25, 0.3) is 0 Å². The van der Waals surface area contributed by atoms with Crippen molar-refractivity contribution in [3.05, 3.63) is 28.8 Å². The fourth-order valence-corrected chi connectivity index (χ4v) is 4.95. The van der Waals surface area contributed by atoms with Crippen molar-refractivity contribution in [1.82, 2.24) is 0 Å². The Morgan fingerprint density at radius 1 is 1.00 bits per heavy atom. The molecule has 0 N–H and O–H groups in total. The number of benzene rings is 1. The number of hydrogen-bond acceptors (Lipinski definition) is 1. The van der Waals surface area contributed by atoms with Crippen LogP contribution in [0.2, 0.25) is 0 Å². The van der Waals surface area contributed by atoms with Gasteiger partial charge in [-0.1, -0.05) is 76.2 Å². The summed E-state index contributed by atoms with van der Waals surface area (Å²) >= 11 is 14.5. The van der Waals surface area contributed by atoms with E-state index in [1.165, 1.54) is 16.7 Å². The predicted molar refractivity (Wildman–Crippen MR) is 99.3 cm³/mol. The average molecular weight is 351 g/mol. The highest BCUT2D eigenvalue weighted by Crippen LogP contribution is 2.49. The first-order chi connectivity index (χ1) is 8.98. The van der Waals surface area contributed by atoms with Crippen molar-refractivity contribution in [3.63, 3.8) is 0 Å². The molecule has 0 aliphatic carbocycles. The van der Waals surface area contributed by atoms with Gasteiger partial charge in [0.2, 0.25) is 0 Å². The molecule has 0 heterocycles. The van der Waals surface area contributed by atoms with E-state index in [1.54, 1.807) is 0 Å². The van der Waals surface area contributed by atoms with E-state index in [4.69, 9.17) is 22.5 Å². The second kappa shape index (κ2) is 6.78. The monoisotopic (exact) mass is 350 g/mol. The highest BCUT2D eigenvalue weighted by Gasteiger charge is 2.27. The first kappa shape index (κ1) is 18.6. The van der Waals surface area contributed by atoms with Crippen molar-refractivity contribution in [2.45, 2.75) is 58.1 Å². The van der Waals surface area contributed by atoms with Crippen molar-refractivity contribution in [2.24, 2.45) is 0 Å². The van der Waals surface area contributed by atoms with Gasteiger partial charge in [-0.3, -0.25) is 0 Å². The molecule has 4 heteroatoms. The minimum Gasteiger partial charge on any atom is -0.161 e. The van der Waals surface area contributed by atoms with Crippen LogP contribution in [0.3, 0.4) is 0 Å². The lowest BCUT2D eigenvalue weighted by molar-refractivity contribution is 0.570. The largest absolute Gasteiger partial charge is 0.161 e. The number of hydrogen-bond donors (Lipinski definition) is 0. The molecule has 0 bridgehead atoms. The third kappa shape index (κ3) is 4.54. The molecule has 1 aromatic rings. The molecule has 0 spiro atoms. The van der Waals surface area contributed by atoms with E-state index in [-0.39, 0.29) is 10.8 Å². The Balaban J connectivity index is 3.64. The highest BCUT2D eigenvalue weighted by atomic mass is 35.9. The predicted octanol–water partition coefficient (Wildman–Crippen LogP) is 6.56. The highest BCUT2D eigenvalue weighted by molar-refractivity contribution is 8.09. The summed E-state index contributed by atoms with van der Waals surface area (Å²) in [5.74, 6) is 0.959. The van der Waals surface area contributed by atoms with Gasteiger partial charge in [-0.15, -0.1) is 0 Å². The third-order valence-corrected chi connectivity index (χ3v) is 5.81. The summed E-state index contributed by atoms with van der Waals surface area (Å²) < 4.78 is 0. The van der Waals surface area contributed by atoms with E-state index in [9.17, 15) is 0 Å². The van der Waals surface area contributed by atoms with Crippen molar-refractivity contribution < 1.29 is 0 Å². The van der Waals surface area contributed by atoms with Crippen LogP contribution in [0, 0.1) is 0 Å². The lowest BCUT2D eigenvalue weighted by Gasteiger charge is -2.30. The van der Waals surface area contributed by atoms with E-state index < -0.39 is 6.63 Å². The molecule has 114 valence electrons. The molecule has 0 aliphatic rings. The maximum Gasteiger partial charge on any atom is 0.117 e. The third-order valence-electron chi connectivity index (χ3n) is 3.33. The maximum atomic E-state index is 6.34. The van der Waals surface area contributed by atoms with E-state index >= 15 is 0 Å².